The highest BCUT2D eigenvalue weighted by Crippen LogP contribution is 2.24. The van der Waals surface area contributed by atoms with E-state index < -0.39 is 0 Å². The molecule has 2 fully saturated rings. The predicted molar refractivity (Wildman–Crippen MR) is 112 cm³/mol. The number of carbonyl (C=O) groups excluding carboxylic acids is 2. The number of fused-ring (bicyclic) bond motifs is 1. The molecule has 2 aliphatic rings. The van der Waals surface area contributed by atoms with Crippen LogP contribution >= 0.6 is 11.3 Å². The lowest BCUT2D eigenvalue weighted by Crippen LogP contribution is -2.52. The second-order valence-corrected chi connectivity index (χ2v) is 9.03. The van der Waals surface area contributed by atoms with Crippen LogP contribution < -0.4 is 0 Å². The minimum atomic E-state index is -0.219. The third-order valence-electron chi connectivity index (χ3n) is 5.90. The fraction of sp³-hybridized carbons (Fsp3) is 0.591. The van der Waals surface area contributed by atoms with Crippen molar-refractivity contribution in [2.24, 2.45) is 0 Å². The number of carbonyl (C=O) groups is 2. The van der Waals surface area contributed by atoms with E-state index in [4.69, 9.17) is 0 Å². The predicted octanol–water partition coefficient (Wildman–Crippen LogP) is 4.01. The molecule has 6 heteroatoms. The van der Waals surface area contributed by atoms with Crippen LogP contribution in [0, 0.1) is 0 Å². The molecule has 2 amide bonds. The normalized spacial score (nSPS) is 20.1. The zero-order valence-corrected chi connectivity index (χ0v) is 17.3. The van der Waals surface area contributed by atoms with Crippen LogP contribution in [0.3, 0.4) is 0 Å². The van der Waals surface area contributed by atoms with E-state index in [9.17, 15) is 9.59 Å². The number of piperidine rings is 1. The van der Waals surface area contributed by atoms with Crippen molar-refractivity contribution in [1.29, 1.82) is 0 Å². The van der Waals surface area contributed by atoms with Gasteiger partial charge in [0.1, 0.15) is 6.04 Å². The summed E-state index contributed by atoms with van der Waals surface area (Å²) in [6.45, 7) is 2.46. The Morgan fingerprint density at radius 2 is 1.82 bits per heavy atom. The highest BCUT2D eigenvalue weighted by Gasteiger charge is 2.35. The lowest BCUT2D eigenvalue weighted by molar-refractivity contribution is -0.147. The largest absolute Gasteiger partial charge is 0.341 e. The second-order valence-electron chi connectivity index (χ2n) is 7.91. The summed E-state index contributed by atoms with van der Waals surface area (Å²) in [5, 5.41) is 1.15. The van der Waals surface area contributed by atoms with E-state index in [1.807, 2.05) is 28.0 Å². The lowest BCUT2D eigenvalue weighted by Gasteiger charge is -2.37. The van der Waals surface area contributed by atoms with E-state index in [2.05, 4.69) is 11.1 Å². The minimum absolute atomic E-state index is 0.154. The average Bonchev–Trinajstić information content (AvgIpc) is 3.40. The summed E-state index contributed by atoms with van der Waals surface area (Å²) in [6.07, 6.45) is 8.35. The van der Waals surface area contributed by atoms with Gasteiger partial charge in [-0.15, -0.1) is 11.3 Å². The lowest BCUT2D eigenvalue weighted by atomic mass is 10.00. The standard InChI is InChI=1S/C22H29N3O2S/c26-21(13-4-3-12-20-23-17-9-1-2-11-19(17)28-20)25-16-6-5-10-18(25)22(27)24-14-7-8-15-24/h1-2,9,11,18H,3-8,10,12-16H2. The van der Waals surface area contributed by atoms with Crippen LogP contribution in [0.5, 0.6) is 0 Å². The van der Waals surface area contributed by atoms with Gasteiger partial charge in [0, 0.05) is 26.1 Å². The van der Waals surface area contributed by atoms with Crippen LogP contribution in [-0.4, -0.2) is 52.3 Å². The molecule has 5 nitrogen and oxygen atoms in total. The number of rotatable bonds is 6. The summed E-state index contributed by atoms with van der Waals surface area (Å²) >= 11 is 1.75. The average molecular weight is 400 g/mol. The number of unbranched alkanes of at least 4 members (excludes halogenated alkanes) is 1. The summed E-state index contributed by atoms with van der Waals surface area (Å²) in [7, 11) is 0. The molecule has 3 heterocycles. The quantitative estimate of drug-likeness (QED) is 0.690. The molecule has 0 saturated carbocycles. The number of benzene rings is 1. The van der Waals surface area contributed by atoms with Gasteiger partial charge in [-0.25, -0.2) is 4.98 Å². The van der Waals surface area contributed by atoms with Crippen LogP contribution in [-0.2, 0) is 16.0 Å². The fourth-order valence-corrected chi connectivity index (χ4v) is 5.37. The number of aromatic nitrogens is 1. The summed E-state index contributed by atoms with van der Waals surface area (Å²) < 4.78 is 1.23. The molecule has 2 aromatic rings. The Bertz CT molecular complexity index is 795. The Labute approximate surface area is 170 Å². The third-order valence-corrected chi connectivity index (χ3v) is 6.99. The number of nitrogens with zero attached hydrogens (tertiary/aromatic N) is 3. The van der Waals surface area contributed by atoms with E-state index in [1.165, 1.54) is 4.70 Å². The Morgan fingerprint density at radius 1 is 1.04 bits per heavy atom. The zero-order valence-electron chi connectivity index (χ0n) is 16.4. The molecule has 0 aliphatic carbocycles. The maximum Gasteiger partial charge on any atom is 0.245 e. The van der Waals surface area contributed by atoms with Crippen molar-refractivity contribution in [2.45, 2.75) is 63.8 Å². The van der Waals surface area contributed by atoms with Gasteiger partial charge in [-0.3, -0.25) is 9.59 Å². The molecule has 1 atom stereocenters. The van der Waals surface area contributed by atoms with Crippen LogP contribution in [0.15, 0.2) is 24.3 Å². The maximum absolute atomic E-state index is 12.8. The first-order valence-corrected chi connectivity index (χ1v) is 11.5. The number of thiazole rings is 1. The number of aryl methyl sites for hydroxylation is 1. The number of hydrogen-bond donors (Lipinski definition) is 0. The van der Waals surface area contributed by atoms with Crippen molar-refractivity contribution in [3.05, 3.63) is 29.3 Å². The van der Waals surface area contributed by atoms with Crippen molar-refractivity contribution in [1.82, 2.24) is 14.8 Å². The highest BCUT2D eigenvalue weighted by molar-refractivity contribution is 7.18. The van der Waals surface area contributed by atoms with E-state index in [-0.39, 0.29) is 17.9 Å². The maximum atomic E-state index is 12.8. The molecule has 150 valence electrons. The van der Waals surface area contributed by atoms with Crippen molar-refractivity contribution in [2.75, 3.05) is 19.6 Å². The van der Waals surface area contributed by atoms with Crippen LogP contribution in [0.25, 0.3) is 10.2 Å². The highest BCUT2D eigenvalue weighted by atomic mass is 32.1. The van der Waals surface area contributed by atoms with Gasteiger partial charge >= 0.3 is 0 Å². The Balaban J connectivity index is 1.27. The summed E-state index contributed by atoms with van der Waals surface area (Å²) in [4.78, 5) is 34.2. The SMILES string of the molecule is O=C(C1CCCCN1C(=O)CCCCc1nc2ccccc2s1)N1CCCC1. The molecule has 0 N–H and O–H groups in total. The third kappa shape index (κ3) is 4.37. The van der Waals surface area contributed by atoms with E-state index in [0.29, 0.717) is 6.42 Å². The molecular formula is C22H29N3O2S. The van der Waals surface area contributed by atoms with Gasteiger partial charge in [0.2, 0.25) is 11.8 Å². The number of para-hydroxylation sites is 1. The van der Waals surface area contributed by atoms with Gasteiger partial charge in [0.05, 0.1) is 15.2 Å². The monoisotopic (exact) mass is 399 g/mol. The number of amides is 2. The van der Waals surface area contributed by atoms with Crippen LogP contribution in [0.2, 0.25) is 0 Å². The van der Waals surface area contributed by atoms with Crippen molar-refractivity contribution >= 4 is 33.4 Å². The second kappa shape index (κ2) is 9.03. The Kier molecular flexibility index (Phi) is 6.25. The van der Waals surface area contributed by atoms with E-state index >= 15 is 0 Å². The van der Waals surface area contributed by atoms with E-state index in [0.717, 1.165) is 81.5 Å². The van der Waals surface area contributed by atoms with Crippen molar-refractivity contribution in [3.8, 4) is 0 Å². The molecule has 1 unspecified atom stereocenters. The van der Waals surface area contributed by atoms with Gasteiger partial charge in [-0.05, 0) is 63.5 Å². The minimum Gasteiger partial charge on any atom is -0.341 e. The van der Waals surface area contributed by atoms with Gasteiger partial charge < -0.3 is 9.80 Å². The molecule has 2 aliphatic heterocycles. The topological polar surface area (TPSA) is 53.5 Å². The van der Waals surface area contributed by atoms with E-state index in [1.54, 1.807) is 11.3 Å². The van der Waals surface area contributed by atoms with Gasteiger partial charge in [-0.2, -0.15) is 0 Å². The fourth-order valence-electron chi connectivity index (χ4n) is 4.36. The first-order chi connectivity index (χ1) is 13.7. The summed E-state index contributed by atoms with van der Waals surface area (Å²) in [5.41, 5.74) is 1.06. The molecular weight excluding hydrogens is 370 g/mol. The number of likely N-dealkylation sites (tertiary alicyclic amines) is 2. The first kappa shape index (κ1) is 19.4. The molecule has 0 spiro atoms. The van der Waals surface area contributed by atoms with Crippen LogP contribution in [0.1, 0.15) is 56.4 Å². The van der Waals surface area contributed by atoms with Crippen molar-refractivity contribution < 1.29 is 9.59 Å². The Hall–Kier alpha value is -1.95. The van der Waals surface area contributed by atoms with Gasteiger partial charge in [0.25, 0.3) is 0 Å². The molecule has 0 radical (unpaired) electrons. The molecule has 1 aromatic heterocycles. The Morgan fingerprint density at radius 3 is 2.64 bits per heavy atom. The molecule has 4 rings (SSSR count). The molecule has 0 bridgehead atoms. The smallest absolute Gasteiger partial charge is 0.245 e. The van der Waals surface area contributed by atoms with Gasteiger partial charge in [-0.1, -0.05) is 12.1 Å². The summed E-state index contributed by atoms with van der Waals surface area (Å²) in [5.74, 6) is 0.335. The molecule has 1 aromatic carbocycles. The van der Waals surface area contributed by atoms with Crippen LogP contribution in [0.4, 0.5) is 0 Å². The molecule has 28 heavy (non-hydrogen) atoms. The molecule has 2 saturated heterocycles. The number of hydrogen-bond acceptors (Lipinski definition) is 4. The summed E-state index contributed by atoms with van der Waals surface area (Å²) in [6, 6.07) is 7.99. The first-order valence-electron chi connectivity index (χ1n) is 10.6. The van der Waals surface area contributed by atoms with Gasteiger partial charge in [0.15, 0.2) is 0 Å². The zero-order chi connectivity index (χ0) is 19.3. The van der Waals surface area contributed by atoms with Crippen molar-refractivity contribution in [3.63, 3.8) is 0 Å².